The highest BCUT2D eigenvalue weighted by atomic mass is 16.5. The Balaban J connectivity index is 1.58. The van der Waals surface area contributed by atoms with Crippen molar-refractivity contribution in [2.24, 2.45) is 0 Å². The zero-order valence-electron chi connectivity index (χ0n) is 13.9. The highest BCUT2D eigenvalue weighted by Crippen LogP contribution is 2.21. The summed E-state index contributed by atoms with van der Waals surface area (Å²) >= 11 is 0. The van der Waals surface area contributed by atoms with Crippen molar-refractivity contribution in [2.75, 3.05) is 20.7 Å². The molecule has 0 amide bonds. The van der Waals surface area contributed by atoms with Gasteiger partial charge in [0.15, 0.2) is 6.61 Å². The standard InChI is InChI=1S/C17H21N3O4/c1-20-10-4-3-5-14(20)17(21)23-11-15-18-16(24-19-15)12-6-8-13(22-2)9-7-12/h6-9,14H,3-5,10-11H2,1-2H3/t14-/m1/s1. The first kappa shape index (κ1) is 16.4. The van der Waals surface area contributed by atoms with Crippen molar-refractivity contribution in [3.63, 3.8) is 0 Å². The van der Waals surface area contributed by atoms with Crippen molar-refractivity contribution in [2.45, 2.75) is 31.9 Å². The molecule has 1 aliphatic rings. The molecule has 7 heteroatoms. The van der Waals surface area contributed by atoms with Crippen molar-refractivity contribution in [3.05, 3.63) is 30.1 Å². The number of esters is 1. The number of methoxy groups -OCH3 is 1. The Hall–Kier alpha value is -2.41. The monoisotopic (exact) mass is 331 g/mol. The number of piperidine rings is 1. The van der Waals surface area contributed by atoms with Gasteiger partial charge in [0.1, 0.15) is 11.8 Å². The average molecular weight is 331 g/mol. The summed E-state index contributed by atoms with van der Waals surface area (Å²) < 4.78 is 15.7. The van der Waals surface area contributed by atoms with Crippen molar-refractivity contribution in [3.8, 4) is 17.2 Å². The lowest BCUT2D eigenvalue weighted by Crippen LogP contribution is -2.42. The van der Waals surface area contributed by atoms with Crippen LogP contribution in [0.1, 0.15) is 25.1 Å². The quantitative estimate of drug-likeness (QED) is 0.778. The summed E-state index contributed by atoms with van der Waals surface area (Å²) in [7, 11) is 3.55. The zero-order valence-corrected chi connectivity index (χ0v) is 13.9. The minimum absolute atomic E-state index is 0.0167. The van der Waals surface area contributed by atoms with Gasteiger partial charge >= 0.3 is 5.97 Å². The number of rotatable bonds is 5. The van der Waals surface area contributed by atoms with E-state index in [-0.39, 0.29) is 18.6 Å². The van der Waals surface area contributed by atoms with Gasteiger partial charge in [-0.05, 0) is 50.7 Å². The molecule has 0 bridgehead atoms. The first-order valence-electron chi connectivity index (χ1n) is 8.01. The van der Waals surface area contributed by atoms with Crippen LogP contribution in [-0.2, 0) is 16.1 Å². The molecule has 0 aliphatic carbocycles. The van der Waals surface area contributed by atoms with E-state index in [1.807, 2.05) is 36.2 Å². The number of benzene rings is 1. The van der Waals surface area contributed by atoms with Crippen LogP contribution in [0.5, 0.6) is 5.75 Å². The van der Waals surface area contributed by atoms with Gasteiger partial charge in [0.2, 0.25) is 5.82 Å². The van der Waals surface area contributed by atoms with Crippen LogP contribution < -0.4 is 4.74 Å². The summed E-state index contributed by atoms with van der Waals surface area (Å²) in [5.74, 6) is 1.27. The van der Waals surface area contributed by atoms with Gasteiger partial charge in [0.25, 0.3) is 5.89 Å². The Morgan fingerprint density at radius 3 is 2.83 bits per heavy atom. The van der Waals surface area contributed by atoms with Gasteiger partial charge in [0.05, 0.1) is 7.11 Å². The average Bonchev–Trinajstić information content (AvgIpc) is 3.09. The van der Waals surface area contributed by atoms with Crippen LogP contribution in [0.3, 0.4) is 0 Å². The zero-order chi connectivity index (χ0) is 16.9. The van der Waals surface area contributed by atoms with E-state index in [1.165, 1.54) is 0 Å². The van der Waals surface area contributed by atoms with Crippen molar-refractivity contribution < 1.29 is 18.8 Å². The van der Waals surface area contributed by atoms with Crippen LogP contribution >= 0.6 is 0 Å². The lowest BCUT2D eigenvalue weighted by atomic mass is 10.0. The highest BCUT2D eigenvalue weighted by Gasteiger charge is 2.27. The number of carbonyl (C=O) groups excluding carboxylic acids is 1. The maximum absolute atomic E-state index is 12.2. The van der Waals surface area contributed by atoms with Gasteiger partial charge in [-0.1, -0.05) is 11.6 Å². The fourth-order valence-electron chi connectivity index (χ4n) is 2.77. The number of likely N-dealkylation sites (N-methyl/N-ethyl adjacent to an activating group) is 1. The number of aromatic nitrogens is 2. The number of ether oxygens (including phenoxy) is 2. The van der Waals surface area contributed by atoms with E-state index in [4.69, 9.17) is 14.0 Å². The minimum atomic E-state index is -0.229. The third kappa shape index (κ3) is 3.73. The van der Waals surface area contributed by atoms with Crippen molar-refractivity contribution >= 4 is 5.97 Å². The first-order chi connectivity index (χ1) is 11.7. The molecule has 24 heavy (non-hydrogen) atoms. The molecular formula is C17H21N3O4. The number of hydrogen-bond donors (Lipinski definition) is 0. The second-order valence-electron chi connectivity index (χ2n) is 5.84. The molecule has 2 aromatic rings. The summed E-state index contributed by atoms with van der Waals surface area (Å²) in [6.45, 7) is 0.937. The molecular weight excluding hydrogens is 310 g/mol. The van der Waals surface area contributed by atoms with E-state index in [0.29, 0.717) is 11.7 Å². The van der Waals surface area contributed by atoms with Crippen LogP contribution in [0.4, 0.5) is 0 Å². The summed E-state index contributed by atoms with van der Waals surface area (Å²) in [5.41, 5.74) is 0.785. The lowest BCUT2D eigenvalue weighted by Gasteiger charge is -2.30. The third-order valence-electron chi connectivity index (χ3n) is 4.19. The van der Waals surface area contributed by atoms with Crippen molar-refractivity contribution in [1.82, 2.24) is 15.0 Å². The molecule has 3 rings (SSSR count). The minimum Gasteiger partial charge on any atom is -0.497 e. The molecule has 1 atom stereocenters. The number of carbonyl (C=O) groups is 1. The highest BCUT2D eigenvalue weighted by molar-refractivity contribution is 5.75. The molecule has 1 aromatic heterocycles. The molecule has 0 N–H and O–H groups in total. The van der Waals surface area contributed by atoms with Crippen LogP contribution in [0.25, 0.3) is 11.5 Å². The normalized spacial score (nSPS) is 18.3. The largest absolute Gasteiger partial charge is 0.497 e. The lowest BCUT2D eigenvalue weighted by molar-refractivity contribution is -0.152. The molecule has 2 heterocycles. The molecule has 0 spiro atoms. The Labute approximate surface area is 140 Å². The Morgan fingerprint density at radius 1 is 1.33 bits per heavy atom. The summed E-state index contributed by atoms with van der Waals surface area (Å²) in [6.07, 6.45) is 3.00. The summed E-state index contributed by atoms with van der Waals surface area (Å²) in [4.78, 5) is 18.5. The van der Waals surface area contributed by atoms with E-state index < -0.39 is 0 Å². The first-order valence-corrected chi connectivity index (χ1v) is 8.01. The van der Waals surface area contributed by atoms with Crippen LogP contribution in [0.2, 0.25) is 0 Å². The van der Waals surface area contributed by atoms with Gasteiger partial charge in [-0.25, -0.2) is 0 Å². The fraction of sp³-hybridized carbons (Fsp3) is 0.471. The predicted molar refractivity (Wildman–Crippen MR) is 86.4 cm³/mol. The molecule has 0 radical (unpaired) electrons. The molecule has 1 aliphatic heterocycles. The maximum atomic E-state index is 12.2. The second kappa shape index (κ2) is 7.44. The number of likely N-dealkylation sites (tertiary alicyclic amines) is 1. The van der Waals surface area contributed by atoms with Gasteiger partial charge < -0.3 is 14.0 Å². The molecule has 1 saturated heterocycles. The Morgan fingerprint density at radius 2 is 2.12 bits per heavy atom. The van der Waals surface area contributed by atoms with E-state index in [0.717, 1.165) is 37.1 Å². The SMILES string of the molecule is COc1ccc(-c2nc(COC(=O)[C@H]3CCCCN3C)no2)cc1. The van der Waals surface area contributed by atoms with Gasteiger partial charge in [-0.2, -0.15) is 4.98 Å². The predicted octanol–water partition coefficient (Wildman–Crippen LogP) is 2.27. The van der Waals surface area contributed by atoms with Crippen LogP contribution in [-0.4, -0.2) is 47.8 Å². The fourth-order valence-corrected chi connectivity index (χ4v) is 2.77. The Bertz CT molecular complexity index is 683. The van der Waals surface area contributed by atoms with Gasteiger partial charge in [0, 0.05) is 5.56 Å². The topological polar surface area (TPSA) is 77.7 Å². The van der Waals surface area contributed by atoms with Crippen LogP contribution in [0.15, 0.2) is 28.8 Å². The van der Waals surface area contributed by atoms with Gasteiger partial charge in [-0.3, -0.25) is 9.69 Å². The maximum Gasteiger partial charge on any atom is 0.323 e. The molecule has 7 nitrogen and oxygen atoms in total. The summed E-state index contributed by atoms with van der Waals surface area (Å²) in [6, 6.07) is 7.13. The molecule has 0 unspecified atom stereocenters. The van der Waals surface area contributed by atoms with Gasteiger partial charge in [-0.15, -0.1) is 0 Å². The smallest absolute Gasteiger partial charge is 0.323 e. The third-order valence-corrected chi connectivity index (χ3v) is 4.19. The molecule has 1 fully saturated rings. The number of hydrogen-bond acceptors (Lipinski definition) is 7. The number of nitrogens with zero attached hydrogens (tertiary/aromatic N) is 3. The molecule has 128 valence electrons. The van der Waals surface area contributed by atoms with Crippen LogP contribution in [0, 0.1) is 0 Å². The van der Waals surface area contributed by atoms with Crippen molar-refractivity contribution in [1.29, 1.82) is 0 Å². The Kier molecular flexibility index (Phi) is 5.10. The second-order valence-corrected chi connectivity index (χ2v) is 5.84. The van der Waals surface area contributed by atoms with E-state index in [9.17, 15) is 4.79 Å². The molecule has 1 aromatic carbocycles. The molecule has 0 saturated carbocycles. The van der Waals surface area contributed by atoms with E-state index in [2.05, 4.69) is 10.1 Å². The van der Waals surface area contributed by atoms with E-state index in [1.54, 1.807) is 7.11 Å². The van der Waals surface area contributed by atoms with E-state index >= 15 is 0 Å². The summed E-state index contributed by atoms with van der Waals surface area (Å²) in [5, 5.41) is 3.86.